The summed E-state index contributed by atoms with van der Waals surface area (Å²) in [6.45, 7) is 5.45. The SMILES string of the molecule is CCCN(C(=O)[C@@H]1CCN(CC(=O)N2CC=C(c3ccc(-c4ncn(C)n4)cc3)CC2)C1)c1ccc2[nH]nc(-c3ccc(OC4CC4)nc3)c2n1. The molecule has 6 heterocycles. The molecule has 1 saturated carbocycles. The number of carbonyl (C=O) groups excluding carboxylic acids is 2. The highest BCUT2D eigenvalue weighted by molar-refractivity contribution is 5.97. The Balaban J connectivity index is 0.884. The number of nitrogens with one attached hydrogen (secondary N) is 1. The molecule has 262 valence electrons. The molecule has 0 radical (unpaired) electrons. The number of benzene rings is 1. The molecule has 2 aliphatic heterocycles. The molecule has 2 amide bonds. The molecule has 0 unspecified atom stereocenters. The van der Waals surface area contributed by atoms with E-state index in [0.29, 0.717) is 74.4 Å². The van der Waals surface area contributed by atoms with Crippen LogP contribution in [0.2, 0.25) is 0 Å². The van der Waals surface area contributed by atoms with Crippen LogP contribution in [0.1, 0.15) is 44.6 Å². The number of nitrogens with zero attached hydrogens (tertiary/aromatic N) is 9. The lowest BCUT2D eigenvalue weighted by molar-refractivity contribution is -0.132. The number of hydrogen-bond acceptors (Lipinski definition) is 9. The minimum Gasteiger partial charge on any atom is -0.474 e. The van der Waals surface area contributed by atoms with Crippen LogP contribution in [0.5, 0.6) is 5.88 Å². The molecule has 0 spiro atoms. The van der Waals surface area contributed by atoms with Gasteiger partial charge in [-0.15, -0.1) is 0 Å². The number of likely N-dealkylation sites (tertiary alicyclic amines) is 1. The van der Waals surface area contributed by atoms with Crippen molar-refractivity contribution in [3.63, 3.8) is 0 Å². The molecule has 2 fully saturated rings. The Labute approximate surface area is 296 Å². The van der Waals surface area contributed by atoms with Crippen molar-refractivity contribution in [2.24, 2.45) is 13.0 Å². The second-order valence-electron chi connectivity index (χ2n) is 13.7. The van der Waals surface area contributed by atoms with Crippen molar-refractivity contribution in [1.82, 2.24) is 44.7 Å². The van der Waals surface area contributed by atoms with Crippen LogP contribution in [0.4, 0.5) is 5.82 Å². The van der Waals surface area contributed by atoms with E-state index in [-0.39, 0.29) is 23.8 Å². The summed E-state index contributed by atoms with van der Waals surface area (Å²) < 4.78 is 7.50. The van der Waals surface area contributed by atoms with Crippen molar-refractivity contribution >= 4 is 34.2 Å². The minimum atomic E-state index is -0.203. The smallest absolute Gasteiger partial charge is 0.237 e. The van der Waals surface area contributed by atoms with E-state index in [9.17, 15) is 9.59 Å². The molecular weight excluding hydrogens is 644 g/mol. The average Bonchev–Trinajstić information content (AvgIpc) is 3.48. The predicted molar refractivity (Wildman–Crippen MR) is 194 cm³/mol. The zero-order valence-corrected chi connectivity index (χ0v) is 29.0. The van der Waals surface area contributed by atoms with Gasteiger partial charge in [-0.1, -0.05) is 37.3 Å². The molecule has 13 nitrogen and oxygen atoms in total. The number of hydrogen-bond donors (Lipinski definition) is 1. The van der Waals surface area contributed by atoms with Crippen molar-refractivity contribution in [3.05, 3.63) is 72.7 Å². The Morgan fingerprint density at radius 3 is 2.51 bits per heavy atom. The Morgan fingerprint density at radius 2 is 1.80 bits per heavy atom. The largest absolute Gasteiger partial charge is 0.474 e. The summed E-state index contributed by atoms with van der Waals surface area (Å²) in [6.07, 6.45) is 10.3. The second-order valence-corrected chi connectivity index (χ2v) is 13.7. The summed E-state index contributed by atoms with van der Waals surface area (Å²) in [7, 11) is 1.86. The molecule has 8 rings (SSSR count). The average molecular weight is 687 g/mol. The van der Waals surface area contributed by atoms with Crippen molar-refractivity contribution in [2.75, 3.05) is 44.2 Å². The van der Waals surface area contributed by atoms with Gasteiger partial charge in [-0.25, -0.2) is 15.0 Å². The van der Waals surface area contributed by atoms with Gasteiger partial charge in [0.15, 0.2) is 5.82 Å². The van der Waals surface area contributed by atoms with E-state index in [4.69, 9.17) is 9.72 Å². The van der Waals surface area contributed by atoms with Gasteiger partial charge in [-0.05, 0) is 68.0 Å². The van der Waals surface area contributed by atoms with E-state index in [0.717, 1.165) is 47.9 Å². The summed E-state index contributed by atoms with van der Waals surface area (Å²) in [6, 6.07) is 15.9. The van der Waals surface area contributed by atoms with Crippen LogP contribution in [0, 0.1) is 5.92 Å². The first-order valence-electron chi connectivity index (χ1n) is 17.9. The normalized spacial score (nSPS) is 17.9. The van der Waals surface area contributed by atoms with Gasteiger partial charge in [-0.2, -0.15) is 10.2 Å². The number of carbonyl (C=O) groups is 2. The first-order chi connectivity index (χ1) is 24.9. The van der Waals surface area contributed by atoms with Gasteiger partial charge in [0.25, 0.3) is 0 Å². The van der Waals surface area contributed by atoms with Crippen molar-refractivity contribution < 1.29 is 14.3 Å². The van der Waals surface area contributed by atoms with Gasteiger partial charge in [-0.3, -0.25) is 29.2 Å². The molecule has 51 heavy (non-hydrogen) atoms. The van der Waals surface area contributed by atoms with E-state index in [2.05, 4.69) is 55.3 Å². The molecule has 13 heteroatoms. The van der Waals surface area contributed by atoms with Gasteiger partial charge in [0, 0.05) is 56.6 Å². The summed E-state index contributed by atoms with van der Waals surface area (Å²) in [4.78, 5) is 46.9. The summed E-state index contributed by atoms with van der Waals surface area (Å²) in [5.74, 6) is 1.86. The van der Waals surface area contributed by atoms with Crippen LogP contribution in [0.3, 0.4) is 0 Å². The zero-order chi connectivity index (χ0) is 34.9. The van der Waals surface area contributed by atoms with Gasteiger partial charge < -0.3 is 9.64 Å². The highest BCUT2D eigenvalue weighted by Gasteiger charge is 2.34. The fourth-order valence-electron chi connectivity index (χ4n) is 6.90. The van der Waals surface area contributed by atoms with Gasteiger partial charge in [0.05, 0.1) is 18.0 Å². The fraction of sp³-hybridized carbons (Fsp3) is 0.395. The first kappa shape index (κ1) is 32.8. The molecule has 1 aromatic carbocycles. The third kappa shape index (κ3) is 7.11. The third-order valence-corrected chi connectivity index (χ3v) is 9.86. The molecule has 0 bridgehead atoms. The monoisotopic (exact) mass is 686 g/mol. The van der Waals surface area contributed by atoms with Crippen LogP contribution >= 0.6 is 0 Å². The lowest BCUT2D eigenvalue weighted by Crippen LogP contribution is -2.42. The standard InChI is InChI=1S/C38H42N10O3/c1-3-17-48(32-12-11-31-36(41-32)35(43-42-31)28-8-13-33(39-21-28)51-30-9-10-30)38(50)29-14-18-46(22-29)23-34(49)47-19-15-26(16-20-47)25-4-6-27(7-5-25)37-40-24-45(2)44-37/h4-8,11-13,15,21,24,29-30H,3,9-10,14,16-20,22-23H2,1-2H3,(H,42,43)/t29-/m1/s1. The maximum Gasteiger partial charge on any atom is 0.237 e. The van der Waals surface area contributed by atoms with Crippen molar-refractivity contribution in [3.8, 4) is 28.5 Å². The highest BCUT2D eigenvalue weighted by atomic mass is 16.5. The number of aromatic amines is 1. The maximum atomic E-state index is 14.0. The summed E-state index contributed by atoms with van der Waals surface area (Å²) in [5, 5.41) is 12.0. The molecule has 1 saturated heterocycles. The Bertz CT molecular complexity index is 2070. The van der Waals surface area contributed by atoms with Gasteiger partial charge in [0.1, 0.15) is 29.5 Å². The molecule has 3 aliphatic rings. The van der Waals surface area contributed by atoms with E-state index in [1.54, 1.807) is 22.1 Å². The number of H-pyrrole nitrogens is 1. The van der Waals surface area contributed by atoms with Crippen LogP contribution in [0.25, 0.3) is 39.3 Å². The van der Waals surface area contributed by atoms with Gasteiger partial charge in [0.2, 0.25) is 17.7 Å². The Hall–Kier alpha value is -5.43. The van der Waals surface area contributed by atoms with Crippen LogP contribution in [0.15, 0.2) is 67.1 Å². The molecule has 5 aromatic rings. The third-order valence-electron chi connectivity index (χ3n) is 9.86. The number of amides is 2. The number of rotatable bonds is 11. The number of fused-ring (bicyclic) bond motifs is 1. The zero-order valence-electron chi connectivity index (χ0n) is 29.0. The Morgan fingerprint density at radius 1 is 0.980 bits per heavy atom. The topological polar surface area (TPSA) is 138 Å². The van der Waals surface area contributed by atoms with E-state index < -0.39 is 0 Å². The number of aromatic nitrogens is 7. The number of anilines is 1. The lowest BCUT2D eigenvalue weighted by atomic mass is 9.98. The second kappa shape index (κ2) is 14.1. The molecular formula is C38H42N10O3. The van der Waals surface area contributed by atoms with Gasteiger partial charge >= 0.3 is 0 Å². The van der Waals surface area contributed by atoms with Crippen molar-refractivity contribution in [1.29, 1.82) is 0 Å². The fourth-order valence-corrected chi connectivity index (χ4v) is 6.90. The van der Waals surface area contributed by atoms with Crippen LogP contribution < -0.4 is 9.64 Å². The number of pyridine rings is 2. The minimum absolute atomic E-state index is 0.0438. The number of ether oxygens (including phenoxy) is 1. The van der Waals surface area contributed by atoms with E-state index in [1.165, 1.54) is 5.57 Å². The van der Waals surface area contributed by atoms with Crippen molar-refractivity contribution in [2.45, 2.75) is 45.1 Å². The number of aryl methyl sites for hydroxylation is 1. The first-order valence-corrected chi connectivity index (χ1v) is 17.9. The summed E-state index contributed by atoms with van der Waals surface area (Å²) in [5.41, 5.74) is 6.36. The predicted octanol–water partition coefficient (Wildman–Crippen LogP) is 4.74. The van der Waals surface area contributed by atoms with Crippen LogP contribution in [-0.2, 0) is 16.6 Å². The highest BCUT2D eigenvalue weighted by Crippen LogP contribution is 2.31. The quantitative estimate of drug-likeness (QED) is 0.209. The Kier molecular flexibility index (Phi) is 9.03. The molecule has 1 atom stereocenters. The van der Waals surface area contributed by atoms with E-state index >= 15 is 0 Å². The lowest BCUT2D eigenvalue weighted by Gasteiger charge is -2.29. The molecule has 1 aliphatic carbocycles. The van der Waals surface area contributed by atoms with E-state index in [1.807, 2.05) is 48.3 Å². The molecule has 1 N–H and O–H groups in total. The maximum absolute atomic E-state index is 14.0. The summed E-state index contributed by atoms with van der Waals surface area (Å²) >= 11 is 0. The molecule has 4 aromatic heterocycles. The van der Waals surface area contributed by atoms with Crippen LogP contribution in [-0.4, -0.2) is 102 Å².